The van der Waals surface area contributed by atoms with Crippen LogP contribution in [-0.2, 0) is 0 Å². The number of aryl methyl sites for hydroxylation is 2. The van der Waals surface area contributed by atoms with Crippen molar-refractivity contribution in [2.24, 2.45) is 0 Å². The second-order valence-corrected chi connectivity index (χ2v) is 13.9. The molecule has 0 bridgehead atoms. The molecule has 0 aliphatic rings. The zero-order valence-corrected chi connectivity index (χ0v) is 30.4. The molecule has 9 rings (SSSR count). The first-order valence-corrected chi connectivity index (χ1v) is 18.2. The van der Waals surface area contributed by atoms with Gasteiger partial charge in [-0.2, -0.15) is 0 Å². The lowest BCUT2D eigenvalue weighted by atomic mass is 9.93. The van der Waals surface area contributed by atoms with E-state index in [-0.39, 0.29) is 0 Å². The van der Waals surface area contributed by atoms with Crippen LogP contribution in [-0.4, -0.2) is 19.1 Å². The molecule has 0 aliphatic heterocycles. The number of nitrogens with zero attached hydrogens (tertiary/aromatic N) is 4. The minimum absolute atomic E-state index is 0.629. The van der Waals surface area contributed by atoms with E-state index < -0.39 is 0 Å². The number of hydrogen-bond acceptors (Lipinski definition) is 2. The molecule has 4 nitrogen and oxygen atoms in total. The number of allylic oxidation sites excluding steroid dienone is 3. The van der Waals surface area contributed by atoms with E-state index in [4.69, 9.17) is 9.97 Å². The van der Waals surface area contributed by atoms with E-state index in [1.165, 1.54) is 16.5 Å². The molecule has 0 aliphatic carbocycles. The molecule has 0 fully saturated rings. The zero-order chi connectivity index (χ0) is 36.8. The summed E-state index contributed by atoms with van der Waals surface area (Å²) < 4.78 is 4.43. The average Bonchev–Trinajstić information content (AvgIpc) is 3.78. The lowest BCUT2D eigenvalue weighted by Crippen LogP contribution is -2.02. The second-order valence-electron chi connectivity index (χ2n) is 13.9. The van der Waals surface area contributed by atoms with Gasteiger partial charge < -0.3 is 4.57 Å². The Bertz CT molecular complexity index is 2920. The van der Waals surface area contributed by atoms with Crippen molar-refractivity contribution >= 4 is 44.4 Å². The minimum Gasteiger partial charge on any atom is -0.309 e. The van der Waals surface area contributed by atoms with Gasteiger partial charge >= 0.3 is 0 Å². The Morgan fingerprint density at radius 2 is 1.30 bits per heavy atom. The molecule has 0 unspecified atom stereocenters. The largest absolute Gasteiger partial charge is 0.309 e. The Hall–Kier alpha value is -7.04. The highest BCUT2D eigenvalue weighted by Crippen LogP contribution is 2.38. The third-order valence-corrected chi connectivity index (χ3v) is 10.1. The standard InChI is InChI=1S/C50H38N4/c1-33-28-34(2)30-39(29-33)49-44-22-11-13-23-45(44)51-50(52-49)53-32-38(42-20-12-15-25-47(42)53)27-26-35(3)36(4)41-19-9-10-21-43(41)48-31-37-16-8-14-24-46(37)54(48)40-17-6-5-7-18-40/h5-32H,3-4H2,1-2H3/b27-26-. The SMILES string of the molecule is C=C(/C=C\c1cn(-c2nc(-c3cc(C)cc(C)c3)c3ccccc3n2)c2ccccc12)C(=C)c1ccccc1-c1cc2ccccc2n1-c1ccccc1. The van der Waals surface area contributed by atoms with E-state index in [1.807, 2.05) is 12.1 Å². The lowest BCUT2D eigenvalue weighted by Gasteiger charge is -2.16. The smallest absolute Gasteiger partial charge is 0.235 e. The summed E-state index contributed by atoms with van der Waals surface area (Å²) in [5.41, 5.74) is 14.6. The monoisotopic (exact) mass is 694 g/mol. The maximum atomic E-state index is 5.23. The van der Waals surface area contributed by atoms with Crippen LogP contribution in [0.1, 0.15) is 22.3 Å². The summed E-state index contributed by atoms with van der Waals surface area (Å²) in [7, 11) is 0. The summed E-state index contributed by atoms with van der Waals surface area (Å²) in [5.74, 6) is 0.629. The van der Waals surface area contributed by atoms with E-state index in [9.17, 15) is 0 Å². The Labute approximate surface area is 315 Å². The third-order valence-electron chi connectivity index (χ3n) is 10.1. The van der Waals surface area contributed by atoms with Crippen LogP contribution >= 0.6 is 0 Å². The molecule has 0 saturated heterocycles. The van der Waals surface area contributed by atoms with Gasteiger partial charge in [0, 0.05) is 44.7 Å². The van der Waals surface area contributed by atoms with Crippen LogP contribution in [0.15, 0.2) is 183 Å². The Balaban J connectivity index is 1.10. The quantitative estimate of drug-likeness (QED) is 0.148. The highest BCUT2D eigenvalue weighted by atomic mass is 15.1. The first kappa shape index (κ1) is 32.8. The van der Waals surface area contributed by atoms with Crippen LogP contribution in [0.25, 0.3) is 78.5 Å². The molecule has 0 atom stereocenters. The Kier molecular flexibility index (Phi) is 8.21. The second kappa shape index (κ2) is 13.5. The predicted molar refractivity (Wildman–Crippen MR) is 227 cm³/mol. The summed E-state index contributed by atoms with van der Waals surface area (Å²) >= 11 is 0. The molecule has 258 valence electrons. The highest BCUT2D eigenvalue weighted by molar-refractivity contribution is 5.97. The molecule has 0 spiro atoms. The van der Waals surface area contributed by atoms with Crippen LogP contribution in [0.5, 0.6) is 0 Å². The number of aromatic nitrogens is 4. The summed E-state index contributed by atoms with van der Waals surface area (Å²) in [6.45, 7) is 13.4. The van der Waals surface area contributed by atoms with E-state index in [0.717, 1.165) is 77.8 Å². The van der Waals surface area contributed by atoms with Crippen LogP contribution in [0, 0.1) is 13.8 Å². The fourth-order valence-corrected chi connectivity index (χ4v) is 7.65. The summed E-state index contributed by atoms with van der Waals surface area (Å²) in [4.78, 5) is 10.3. The van der Waals surface area contributed by atoms with Gasteiger partial charge in [-0.25, -0.2) is 9.97 Å². The number of benzene rings is 6. The van der Waals surface area contributed by atoms with Crippen molar-refractivity contribution in [2.45, 2.75) is 13.8 Å². The van der Waals surface area contributed by atoms with E-state index in [2.05, 4.69) is 194 Å². The molecule has 0 amide bonds. The third kappa shape index (κ3) is 5.84. The van der Waals surface area contributed by atoms with Crippen molar-refractivity contribution in [1.82, 2.24) is 19.1 Å². The zero-order valence-electron chi connectivity index (χ0n) is 30.4. The molecule has 0 N–H and O–H groups in total. The van der Waals surface area contributed by atoms with E-state index >= 15 is 0 Å². The van der Waals surface area contributed by atoms with Crippen molar-refractivity contribution in [3.63, 3.8) is 0 Å². The first-order valence-electron chi connectivity index (χ1n) is 18.2. The molecule has 0 saturated carbocycles. The van der Waals surface area contributed by atoms with Crippen molar-refractivity contribution in [3.05, 3.63) is 205 Å². The molecule has 9 aromatic rings. The van der Waals surface area contributed by atoms with Gasteiger partial charge in [0.25, 0.3) is 0 Å². The summed E-state index contributed by atoms with van der Waals surface area (Å²) in [6.07, 6.45) is 6.32. The Morgan fingerprint density at radius 3 is 2.11 bits per heavy atom. The maximum Gasteiger partial charge on any atom is 0.235 e. The summed E-state index contributed by atoms with van der Waals surface area (Å²) in [5, 5.41) is 3.31. The molecule has 3 aromatic heterocycles. The highest BCUT2D eigenvalue weighted by Gasteiger charge is 2.18. The van der Waals surface area contributed by atoms with Gasteiger partial charge in [-0.3, -0.25) is 4.57 Å². The number of hydrogen-bond donors (Lipinski definition) is 0. The summed E-state index contributed by atoms with van der Waals surface area (Å²) in [6, 6.07) is 53.0. The maximum absolute atomic E-state index is 5.23. The lowest BCUT2D eigenvalue weighted by molar-refractivity contribution is 0.983. The van der Waals surface area contributed by atoms with Gasteiger partial charge in [-0.15, -0.1) is 0 Å². The molecule has 4 heteroatoms. The topological polar surface area (TPSA) is 35.6 Å². The first-order chi connectivity index (χ1) is 26.4. The van der Waals surface area contributed by atoms with Crippen LogP contribution in [0.2, 0.25) is 0 Å². The van der Waals surface area contributed by atoms with Crippen LogP contribution in [0.3, 0.4) is 0 Å². The number of fused-ring (bicyclic) bond motifs is 3. The van der Waals surface area contributed by atoms with Gasteiger partial charge in [0.2, 0.25) is 5.95 Å². The predicted octanol–water partition coefficient (Wildman–Crippen LogP) is 12.8. The van der Waals surface area contributed by atoms with Crippen molar-refractivity contribution in [2.75, 3.05) is 0 Å². The molecule has 54 heavy (non-hydrogen) atoms. The molecular weight excluding hydrogens is 657 g/mol. The van der Waals surface area contributed by atoms with Gasteiger partial charge in [0.15, 0.2) is 0 Å². The fourth-order valence-electron chi connectivity index (χ4n) is 7.65. The van der Waals surface area contributed by atoms with E-state index in [0.29, 0.717) is 5.95 Å². The van der Waals surface area contributed by atoms with Gasteiger partial charge in [0.05, 0.1) is 27.9 Å². The molecular formula is C50H38N4. The number of para-hydroxylation sites is 4. The fraction of sp³-hybridized carbons (Fsp3) is 0.0400. The van der Waals surface area contributed by atoms with Crippen LogP contribution in [0.4, 0.5) is 0 Å². The van der Waals surface area contributed by atoms with Gasteiger partial charge in [-0.05, 0) is 79.1 Å². The molecule has 0 radical (unpaired) electrons. The number of rotatable bonds is 8. The van der Waals surface area contributed by atoms with Gasteiger partial charge in [-0.1, -0.05) is 140 Å². The minimum atomic E-state index is 0.629. The molecule has 3 heterocycles. The van der Waals surface area contributed by atoms with Gasteiger partial charge in [0.1, 0.15) is 0 Å². The normalized spacial score (nSPS) is 11.6. The van der Waals surface area contributed by atoms with E-state index in [1.54, 1.807) is 0 Å². The van der Waals surface area contributed by atoms with Crippen molar-refractivity contribution in [3.8, 4) is 34.2 Å². The molecule has 6 aromatic carbocycles. The van der Waals surface area contributed by atoms with Crippen molar-refractivity contribution in [1.29, 1.82) is 0 Å². The van der Waals surface area contributed by atoms with Crippen molar-refractivity contribution < 1.29 is 0 Å². The Morgan fingerprint density at radius 1 is 0.630 bits per heavy atom. The van der Waals surface area contributed by atoms with Crippen LogP contribution < -0.4 is 0 Å². The average molecular weight is 695 g/mol.